The van der Waals surface area contributed by atoms with E-state index in [2.05, 4.69) is 9.97 Å². The summed E-state index contributed by atoms with van der Waals surface area (Å²) in [5.41, 5.74) is -0.177. The molecule has 0 aliphatic heterocycles. The second kappa shape index (κ2) is 4.74. The molecule has 1 N–H and O–H groups in total. The highest BCUT2D eigenvalue weighted by Crippen LogP contribution is 2.23. The standard InChI is InChI=1S/C13H8N2O3S/c16-11-5-6-14-13(15-11)19-10-7-8-3-1-2-4-9(8)18-12(10)17/h1-7H,(H,14,15,16). The van der Waals surface area contributed by atoms with Gasteiger partial charge in [-0.1, -0.05) is 18.2 Å². The van der Waals surface area contributed by atoms with E-state index in [0.29, 0.717) is 15.6 Å². The molecule has 5 nitrogen and oxygen atoms in total. The van der Waals surface area contributed by atoms with E-state index in [1.54, 1.807) is 18.2 Å². The molecule has 2 heterocycles. The molecule has 6 heteroatoms. The smallest absolute Gasteiger partial charge is 0.350 e. The van der Waals surface area contributed by atoms with Crippen molar-refractivity contribution in [3.05, 3.63) is 63.4 Å². The third-order valence-electron chi connectivity index (χ3n) is 2.46. The number of nitrogens with one attached hydrogen (secondary N) is 1. The van der Waals surface area contributed by atoms with Crippen molar-refractivity contribution in [1.29, 1.82) is 0 Å². The summed E-state index contributed by atoms with van der Waals surface area (Å²) >= 11 is 1.07. The summed E-state index contributed by atoms with van der Waals surface area (Å²) < 4.78 is 5.20. The highest BCUT2D eigenvalue weighted by molar-refractivity contribution is 7.99. The number of fused-ring (bicyclic) bond motifs is 1. The van der Waals surface area contributed by atoms with Crippen LogP contribution in [-0.4, -0.2) is 9.97 Å². The first-order chi connectivity index (χ1) is 9.22. The van der Waals surface area contributed by atoms with E-state index >= 15 is 0 Å². The molecule has 0 atom stereocenters. The highest BCUT2D eigenvalue weighted by atomic mass is 32.2. The summed E-state index contributed by atoms with van der Waals surface area (Å²) in [6.45, 7) is 0. The van der Waals surface area contributed by atoms with E-state index in [4.69, 9.17) is 4.42 Å². The van der Waals surface area contributed by atoms with Crippen LogP contribution in [-0.2, 0) is 0 Å². The molecule has 0 radical (unpaired) electrons. The fourth-order valence-electron chi connectivity index (χ4n) is 1.62. The molecule has 0 spiro atoms. The highest BCUT2D eigenvalue weighted by Gasteiger charge is 2.08. The minimum atomic E-state index is -0.449. The van der Waals surface area contributed by atoms with Gasteiger partial charge >= 0.3 is 5.63 Å². The topological polar surface area (TPSA) is 76.0 Å². The van der Waals surface area contributed by atoms with Crippen molar-refractivity contribution in [3.63, 3.8) is 0 Å². The van der Waals surface area contributed by atoms with Gasteiger partial charge in [0.2, 0.25) is 0 Å². The monoisotopic (exact) mass is 272 g/mol. The van der Waals surface area contributed by atoms with E-state index in [1.807, 2.05) is 12.1 Å². The van der Waals surface area contributed by atoms with Crippen molar-refractivity contribution < 1.29 is 4.42 Å². The molecule has 1 aromatic carbocycles. The van der Waals surface area contributed by atoms with Crippen LogP contribution < -0.4 is 11.2 Å². The lowest BCUT2D eigenvalue weighted by molar-refractivity contribution is 0.543. The van der Waals surface area contributed by atoms with Gasteiger partial charge in [0.05, 0.1) is 0 Å². The molecule has 0 saturated heterocycles. The largest absolute Gasteiger partial charge is 0.422 e. The molecule has 3 rings (SSSR count). The first-order valence-corrected chi connectivity index (χ1v) is 6.30. The predicted octanol–water partition coefficient (Wildman–Crippen LogP) is 2.03. The second-order valence-corrected chi connectivity index (χ2v) is 4.81. The molecular weight excluding hydrogens is 264 g/mol. The summed E-state index contributed by atoms with van der Waals surface area (Å²) in [7, 11) is 0. The van der Waals surface area contributed by atoms with Crippen LogP contribution >= 0.6 is 11.8 Å². The maximum atomic E-state index is 11.8. The Morgan fingerprint density at radius 2 is 2.00 bits per heavy atom. The van der Waals surface area contributed by atoms with Gasteiger partial charge in [0.1, 0.15) is 10.5 Å². The third-order valence-corrected chi connectivity index (χ3v) is 3.37. The fourth-order valence-corrected chi connectivity index (χ4v) is 2.41. The number of rotatable bonds is 2. The molecule has 0 fully saturated rings. The SMILES string of the molecule is O=c1ccnc(Sc2cc3ccccc3oc2=O)[nH]1. The Hall–Kier alpha value is -2.34. The van der Waals surface area contributed by atoms with Gasteiger partial charge in [-0.15, -0.1) is 0 Å². The van der Waals surface area contributed by atoms with Crippen LogP contribution in [0.3, 0.4) is 0 Å². The van der Waals surface area contributed by atoms with Gasteiger partial charge in [0, 0.05) is 17.6 Å². The Balaban J connectivity index is 2.08. The normalized spacial score (nSPS) is 10.7. The number of hydrogen-bond acceptors (Lipinski definition) is 5. The van der Waals surface area contributed by atoms with Gasteiger partial charge in [-0.3, -0.25) is 4.79 Å². The Labute approximate surface area is 111 Å². The Kier molecular flexibility index (Phi) is 2.92. The van der Waals surface area contributed by atoms with E-state index in [9.17, 15) is 9.59 Å². The zero-order valence-electron chi connectivity index (χ0n) is 9.62. The van der Waals surface area contributed by atoms with Gasteiger partial charge in [-0.25, -0.2) is 9.78 Å². The van der Waals surface area contributed by atoms with Gasteiger partial charge < -0.3 is 9.40 Å². The maximum Gasteiger partial charge on any atom is 0.350 e. The average molecular weight is 272 g/mol. The Bertz CT molecular complexity index is 854. The predicted molar refractivity (Wildman–Crippen MR) is 71.5 cm³/mol. The second-order valence-electron chi connectivity index (χ2n) is 3.78. The lowest BCUT2D eigenvalue weighted by atomic mass is 10.2. The number of H-pyrrole nitrogens is 1. The molecule has 0 aliphatic rings. The molecule has 0 bridgehead atoms. The van der Waals surface area contributed by atoms with Crippen LogP contribution in [0.5, 0.6) is 0 Å². The third kappa shape index (κ3) is 2.43. The van der Waals surface area contributed by atoms with Crippen molar-refractivity contribution in [3.8, 4) is 0 Å². The molecule has 0 unspecified atom stereocenters. The van der Waals surface area contributed by atoms with Gasteiger partial charge in [0.15, 0.2) is 5.16 Å². The van der Waals surface area contributed by atoms with Crippen molar-refractivity contribution in [2.24, 2.45) is 0 Å². The lowest BCUT2D eigenvalue weighted by Gasteiger charge is -2.01. The van der Waals surface area contributed by atoms with Crippen LogP contribution in [0.25, 0.3) is 11.0 Å². The van der Waals surface area contributed by atoms with E-state index < -0.39 is 5.63 Å². The summed E-state index contributed by atoms with van der Waals surface area (Å²) in [6, 6.07) is 10.3. The minimum absolute atomic E-state index is 0.261. The number of benzene rings is 1. The first kappa shape index (κ1) is 11.7. The van der Waals surface area contributed by atoms with Gasteiger partial charge in [0.25, 0.3) is 5.56 Å². The maximum absolute atomic E-state index is 11.8. The van der Waals surface area contributed by atoms with Crippen LogP contribution in [0.4, 0.5) is 0 Å². The van der Waals surface area contributed by atoms with Crippen LogP contribution in [0.2, 0.25) is 0 Å². The number of nitrogens with zero attached hydrogens (tertiary/aromatic N) is 1. The van der Waals surface area contributed by atoms with E-state index in [-0.39, 0.29) is 5.56 Å². The molecule has 0 amide bonds. The molecule has 19 heavy (non-hydrogen) atoms. The molecule has 0 aliphatic carbocycles. The van der Waals surface area contributed by atoms with Crippen molar-refractivity contribution in [1.82, 2.24) is 9.97 Å². The molecule has 0 saturated carbocycles. The molecule has 3 aromatic rings. The molecular formula is C13H8N2O3S. The molecule has 94 valence electrons. The number of hydrogen-bond donors (Lipinski definition) is 1. The molecule has 2 aromatic heterocycles. The fraction of sp³-hybridized carbons (Fsp3) is 0. The van der Waals surface area contributed by atoms with Crippen LogP contribution in [0.15, 0.2) is 66.7 Å². The summed E-state index contributed by atoms with van der Waals surface area (Å²) in [4.78, 5) is 29.9. The Morgan fingerprint density at radius 3 is 2.84 bits per heavy atom. The van der Waals surface area contributed by atoms with Crippen molar-refractivity contribution in [2.45, 2.75) is 10.1 Å². The van der Waals surface area contributed by atoms with E-state index in [0.717, 1.165) is 17.1 Å². The van der Waals surface area contributed by atoms with Crippen molar-refractivity contribution >= 4 is 22.7 Å². The first-order valence-electron chi connectivity index (χ1n) is 5.48. The summed E-state index contributed by atoms with van der Waals surface area (Å²) in [5, 5.41) is 1.18. The quantitative estimate of drug-likeness (QED) is 0.570. The zero-order valence-corrected chi connectivity index (χ0v) is 10.4. The summed E-state index contributed by atoms with van der Waals surface area (Å²) in [6.07, 6.45) is 1.39. The van der Waals surface area contributed by atoms with E-state index in [1.165, 1.54) is 12.3 Å². The number of para-hydroxylation sites is 1. The van der Waals surface area contributed by atoms with Crippen LogP contribution in [0.1, 0.15) is 0 Å². The van der Waals surface area contributed by atoms with Gasteiger partial charge in [-0.2, -0.15) is 0 Å². The number of aromatic nitrogens is 2. The summed E-state index contributed by atoms with van der Waals surface area (Å²) in [5.74, 6) is 0. The zero-order chi connectivity index (χ0) is 13.2. The van der Waals surface area contributed by atoms with Crippen molar-refractivity contribution in [2.75, 3.05) is 0 Å². The number of aromatic amines is 1. The van der Waals surface area contributed by atoms with Gasteiger partial charge in [-0.05, 0) is 23.9 Å². The average Bonchev–Trinajstić information content (AvgIpc) is 2.40. The lowest BCUT2D eigenvalue weighted by Crippen LogP contribution is -2.07. The minimum Gasteiger partial charge on any atom is -0.422 e. The van der Waals surface area contributed by atoms with Crippen LogP contribution in [0, 0.1) is 0 Å². The Morgan fingerprint density at radius 1 is 1.16 bits per heavy atom.